The number of benzene rings is 1. The second kappa shape index (κ2) is 6.32. The van der Waals surface area contributed by atoms with E-state index in [1.165, 1.54) is 0 Å². The molecule has 9 heteroatoms. The zero-order valence-corrected chi connectivity index (χ0v) is 12.6. The van der Waals surface area contributed by atoms with Gasteiger partial charge in [-0.1, -0.05) is 5.16 Å². The number of methoxy groups -OCH3 is 1. The van der Waals surface area contributed by atoms with Gasteiger partial charge in [-0.3, -0.25) is 19.5 Å². The minimum atomic E-state index is -0.577. The summed E-state index contributed by atoms with van der Waals surface area (Å²) < 4.78 is 11.3. The lowest BCUT2D eigenvalue weighted by Crippen LogP contribution is -2.19. The van der Waals surface area contributed by atoms with Crippen LogP contribution in [0.25, 0.3) is 11.4 Å². The van der Waals surface area contributed by atoms with Crippen LogP contribution in [0.15, 0.2) is 51.9 Å². The smallest absolute Gasteiger partial charge is 0.285 e. The van der Waals surface area contributed by atoms with Crippen molar-refractivity contribution in [2.45, 2.75) is 6.54 Å². The van der Waals surface area contributed by atoms with Gasteiger partial charge in [-0.25, -0.2) is 0 Å². The van der Waals surface area contributed by atoms with E-state index in [0.29, 0.717) is 11.6 Å². The van der Waals surface area contributed by atoms with E-state index in [2.05, 4.69) is 10.1 Å². The van der Waals surface area contributed by atoms with E-state index in [9.17, 15) is 14.9 Å². The Hall–Kier alpha value is -3.49. The molecule has 1 aromatic carbocycles. The lowest BCUT2D eigenvalue weighted by Gasteiger charge is -2.01. The van der Waals surface area contributed by atoms with Crippen molar-refractivity contribution < 1.29 is 14.2 Å². The molecule has 0 bridgehead atoms. The molecular formula is C15H12N4O5. The first-order valence-electron chi connectivity index (χ1n) is 6.89. The minimum Gasteiger partial charge on any atom is -0.497 e. The molecule has 24 heavy (non-hydrogen) atoms. The molecule has 0 atom stereocenters. The highest BCUT2D eigenvalue weighted by Gasteiger charge is 2.12. The summed E-state index contributed by atoms with van der Waals surface area (Å²) in [6, 6.07) is 9.33. The fourth-order valence-corrected chi connectivity index (χ4v) is 2.07. The molecule has 0 amide bonds. The molecular weight excluding hydrogens is 316 g/mol. The standard InChI is InChI=1S/C15H12N4O5/c1-23-12-5-2-10(3-6-12)15-16-13(24-17-15)9-18-8-11(19(21)22)4-7-14(18)20/h2-8H,9H2,1H3. The van der Waals surface area contributed by atoms with Crippen molar-refractivity contribution in [1.29, 1.82) is 0 Å². The lowest BCUT2D eigenvalue weighted by atomic mass is 10.2. The Morgan fingerprint density at radius 1 is 1.25 bits per heavy atom. The Morgan fingerprint density at radius 2 is 2.00 bits per heavy atom. The van der Waals surface area contributed by atoms with Gasteiger partial charge < -0.3 is 9.26 Å². The Balaban J connectivity index is 1.85. The quantitative estimate of drug-likeness (QED) is 0.519. The van der Waals surface area contributed by atoms with Crippen LogP contribution in [0.4, 0.5) is 5.69 Å². The molecule has 0 spiro atoms. The van der Waals surface area contributed by atoms with Gasteiger partial charge in [0.25, 0.3) is 11.2 Å². The maximum absolute atomic E-state index is 11.8. The second-order valence-electron chi connectivity index (χ2n) is 4.85. The fourth-order valence-electron chi connectivity index (χ4n) is 2.07. The van der Waals surface area contributed by atoms with E-state index in [1.807, 2.05) is 0 Å². The number of pyridine rings is 1. The van der Waals surface area contributed by atoms with Crippen LogP contribution < -0.4 is 10.3 Å². The molecule has 9 nitrogen and oxygen atoms in total. The van der Waals surface area contributed by atoms with Gasteiger partial charge in [-0.15, -0.1) is 0 Å². The molecule has 0 saturated carbocycles. The predicted molar refractivity (Wildman–Crippen MR) is 82.7 cm³/mol. The summed E-state index contributed by atoms with van der Waals surface area (Å²) in [5, 5.41) is 14.6. The highest BCUT2D eigenvalue weighted by molar-refractivity contribution is 5.55. The summed E-state index contributed by atoms with van der Waals surface area (Å²) in [6.07, 6.45) is 1.14. The number of aromatic nitrogens is 3. The molecule has 122 valence electrons. The second-order valence-corrected chi connectivity index (χ2v) is 4.85. The summed E-state index contributed by atoms with van der Waals surface area (Å²) in [5.41, 5.74) is 0.131. The van der Waals surface area contributed by atoms with Gasteiger partial charge >= 0.3 is 0 Å². The first-order chi connectivity index (χ1) is 11.6. The van der Waals surface area contributed by atoms with Crippen molar-refractivity contribution in [3.63, 3.8) is 0 Å². The molecule has 0 aliphatic rings. The van der Waals surface area contributed by atoms with Gasteiger partial charge in [0.15, 0.2) is 0 Å². The third-order valence-corrected chi connectivity index (χ3v) is 3.30. The largest absolute Gasteiger partial charge is 0.497 e. The minimum absolute atomic E-state index is 0.0519. The maximum Gasteiger partial charge on any atom is 0.285 e. The molecule has 0 radical (unpaired) electrons. The van der Waals surface area contributed by atoms with E-state index in [1.54, 1.807) is 31.4 Å². The van der Waals surface area contributed by atoms with Crippen molar-refractivity contribution in [3.8, 4) is 17.1 Å². The van der Waals surface area contributed by atoms with Crippen LogP contribution in [-0.2, 0) is 6.54 Å². The number of rotatable bonds is 5. The van der Waals surface area contributed by atoms with Crippen LogP contribution in [0.5, 0.6) is 5.75 Å². The van der Waals surface area contributed by atoms with Gasteiger partial charge in [0.2, 0.25) is 11.7 Å². The van der Waals surface area contributed by atoms with E-state index in [0.717, 1.165) is 28.5 Å². The molecule has 0 aliphatic heterocycles. The van der Waals surface area contributed by atoms with E-state index in [-0.39, 0.29) is 18.1 Å². The average molecular weight is 328 g/mol. The maximum atomic E-state index is 11.8. The van der Waals surface area contributed by atoms with E-state index >= 15 is 0 Å². The van der Waals surface area contributed by atoms with Gasteiger partial charge in [0, 0.05) is 17.7 Å². The topological polar surface area (TPSA) is 113 Å². The summed E-state index contributed by atoms with van der Waals surface area (Å²) in [4.78, 5) is 26.2. The Kier molecular flexibility index (Phi) is 4.06. The molecule has 0 unspecified atom stereocenters. The van der Waals surface area contributed by atoms with E-state index in [4.69, 9.17) is 9.26 Å². The summed E-state index contributed by atoms with van der Waals surface area (Å²) in [7, 11) is 1.57. The molecule has 2 heterocycles. The van der Waals surface area contributed by atoms with Crippen molar-refractivity contribution in [1.82, 2.24) is 14.7 Å². The highest BCUT2D eigenvalue weighted by atomic mass is 16.6. The van der Waals surface area contributed by atoms with Crippen LogP contribution in [-0.4, -0.2) is 26.7 Å². The van der Waals surface area contributed by atoms with Crippen molar-refractivity contribution in [3.05, 3.63) is 69.0 Å². The average Bonchev–Trinajstić information content (AvgIpc) is 3.05. The fraction of sp³-hybridized carbons (Fsp3) is 0.133. The first kappa shape index (κ1) is 15.4. The zero-order chi connectivity index (χ0) is 17.1. The van der Waals surface area contributed by atoms with Crippen LogP contribution in [0, 0.1) is 10.1 Å². The van der Waals surface area contributed by atoms with Crippen LogP contribution in [0.3, 0.4) is 0 Å². The third kappa shape index (κ3) is 3.14. The molecule has 3 rings (SSSR count). The Labute approximate surface area is 135 Å². The monoisotopic (exact) mass is 328 g/mol. The molecule has 3 aromatic rings. The summed E-state index contributed by atoms with van der Waals surface area (Å²) >= 11 is 0. The predicted octanol–water partition coefficient (Wildman–Crippen LogP) is 1.86. The first-order valence-corrected chi connectivity index (χ1v) is 6.89. The Bertz CT molecular complexity index is 930. The highest BCUT2D eigenvalue weighted by Crippen LogP contribution is 2.20. The third-order valence-electron chi connectivity index (χ3n) is 3.30. The van der Waals surface area contributed by atoms with Crippen molar-refractivity contribution >= 4 is 5.69 Å². The van der Waals surface area contributed by atoms with Gasteiger partial charge in [-0.2, -0.15) is 4.98 Å². The number of hydrogen-bond donors (Lipinski definition) is 0. The lowest BCUT2D eigenvalue weighted by molar-refractivity contribution is -0.385. The zero-order valence-electron chi connectivity index (χ0n) is 12.6. The molecule has 0 saturated heterocycles. The number of ether oxygens (including phenoxy) is 1. The SMILES string of the molecule is COc1ccc(-c2noc(Cn3cc([N+](=O)[O-])ccc3=O)n2)cc1. The van der Waals surface area contributed by atoms with Gasteiger partial charge in [-0.05, 0) is 24.3 Å². The van der Waals surface area contributed by atoms with Gasteiger partial charge in [0.05, 0.1) is 18.2 Å². The molecule has 0 aliphatic carbocycles. The number of nitro groups is 1. The number of hydrogen-bond acceptors (Lipinski definition) is 7. The van der Waals surface area contributed by atoms with Crippen LogP contribution in [0.2, 0.25) is 0 Å². The number of nitrogens with zero attached hydrogens (tertiary/aromatic N) is 4. The van der Waals surface area contributed by atoms with E-state index < -0.39 is 10.5 Å². The van der Waals surface area contributed by atoms with Crippen molar-refractivity contribution in [2.75, 3.05) is 7.11 Å². The van der Waals surface area contributed by atoms with Gasteiger partial charge in [0.1, 0.15) is 12.3 Å². The molecule has 2 aromatic heterocycles. The normalized spacial score (nSPS) is 10.5. The van der Waals surface area contributed by atoms with Crippen LogP contribution in [0.1, 0.15) is 5.89 Å². The molecule has 0 fully saturated rings. The van der Waals surface area contributed by atoms with Crippen LogP contribution >= 0.6 is 0 Å². The van der Waals surface area contributed by atoms with Crippen molar-refractivity contribution in [2.24, 2.45) is 0 Å². The summed E-state index contributed by atoms with van der Waals surface area (Å²) in [5.74, 6) is 1.22. The molecule has 0 N–H and O–H groups in total. The summed E-state index contributed by atoms with van der Waals surface area (Å²) in [6.45, 7) is -0.0519. The Morgan fingerprint density at radius 3 is 2.67 bits per heavy atom.